The molecule has 6 heteroatoms. The van der Waals surface area contributed by atoms with E-state index in [0.717, 1.165) is 23.7 Å². The highest BCUT2D eigenvalue weighted by molar-refractivity contribution is 7.71. The number of quaternary nitrogens is 1. The average Bonchev–Trinajstić information content (AvgIpc) is 2.91. The summed E-state index contributed by atoms with van der Waals surface area (Å²) in [7, 11) is 0. The van der Waals surface area contributed by atoms with E-state index in [9.17, 15) is 0 Å². The van der Waals surface area contributed by atoms with Gasteiger partial charge in [-0.15, -0.1) is 11.3 Å². The molecule has 2 aromatic rings. The minimum Gasteiger partial charge on any atom is -0.316 e. The second-order valence-electron chi connectivity index (χ2n) is 6.17. The van der Waals surface area contributed by atoms with Gasteiger partial charge in [0.15, 0.2) is 6.67 Å². The SMILES string of the molecule is S=c1n(C[NH+]2CCCC2)nc(Cc2cccs2)n1C1CC1. The van der Waals surface area contributed by atoms with Crippen LogP contribution in [0.1, 0.15) is 42.4 Å². The van der Waals surface area contributed by atoms with Crippen LogP contribution < -0.4 is 4.90 Å². The minimum absolute atomic E-state index is 0.606. The van der Waals surface area contributed by atoms with Crippen LogP contribution in [0.2, 0.25) is 0 Å². The lowest BCUT2D eigenvalue weighted by Crippen LogP contribution is -3.09. The van der Waals surface area contributed by atoms with Crippen molar-refractivity contribution in [1.82, 2.24) is 14.3 Å². The molecule has 0 bridgehead atoms. The summed E-state index contributed by atoms with van der Waals surface area (Å²) in [6.45, 7) is 3.46. The van der Waals surface area contributed by atoms with E-state index in [4.69, 9.17) is 17.3 Å². The first-order valence-electron chi connectivity index (χ1n) is 7.85. The summed E-state index contributed by atoms with van der Waals surface area (Å²) in [4.78, 5) is 2.99. The van der Waals surface area contributed by atoms with Crippen LogP contribution in [-0.2, 0) is 13.1 Å². The number of aromatic nitrogens is 3. The molecule has 4 rings (SSSR count). The van der Waals surface area contributed by atoms with Gasteiger partial charge in [-0.2, -0.15) is 9.78 Å². The van der Waals surface area contributed by atoms with Crippen LogP contribution in [0, 0.1) is 4.77 Å². The Morgan fingerprint density at radius 2 is 2.14 bits per heavy atom. The molecule has 21 heavy (non-hydrogen) atoms. The third kappa shape index (κ3) is 2.84. The largest absolute Gasteiger partial charge is 0.316 e. The maximum atomic E-state index is 5.71. The second kappa shape index (κ2) is 5.66. The molecule has 1 aliphatic carbocycles. The van der Waals surface area contributed by atoms with Crippen molar-refractivity contribution >= 4 is 23.6 Å². The van der Waals surface area contributed by atoms with Crippen LogP contribution in [0.5, 0.6) is 0 Å². The fourth-order valence-electron chi connectivity index (χ4n) is 3.20. The zero-order valence-electron chi connectivity index (χ0n) is 12.1. The molecule has 2 aliphatic rings. The molecule has 0 unspecified atom stereocenters. The zero-order chi connectivity index (χ0) is 14.2. The number of hydrogen-bond donors (Lipinski definition) is 1. The Labute approximate surface area is 134 Å². The molecule has 1 saturated carbocycles. The first-order chi connectivity index (χ1) is 10.3. The van der Waals surface area contributed by atoms with E-state index in [1.54, 1.807) is 16.2 Å². The van der Waals surface area contributed by atoms with Crippen LogP contribution in [0.25, 0.3) is 0 Å². The summed E-state index contributed by atoms with van der Waals surface area (Å²) in [5.74, 6) is 1.16. The number of rotatable bonds is 5. The predicted molar refractivity (Wildman–Crippen MR) is 86.4 cm³/mol. The van der Waals surface area contributed by atoms with Crippen LogP contribution in [0.4, 0.5) is 0 Å². The van der Waals surface area contributed by atoms with E-state index in [1.807, 2.05) is 0 Å². The Hall–Kier alpha value is -0.980. The maximum absolute atomic E-state index is 5.71. The predicted octanol–water partition coefficient (Wildman–Crippen LogP) is 2.04. The maximum Gasteiger partial charge on any atom is 0.203 e. The van der Waals surface area contributed by atoms with Gasteiger partial charge in [0.25, 0.3) is 0 Å². The van der Waals surface area contributed by atoms with E-state index in [1.165, 1.54) is 43.6 Å². The average molecular weight is 321 g/mol. The van der Waals surface area contributed by atoms with Gasteiger partial charge in [-0.3, -0.25) is 0 Å². The van der Waals surface area contributed by atoms with Crippen molar-refractivity contribution < 1.29 is 4.90 Å². The van der Waals surface area contributed by atoms with E-state index in [0.29, 0.717) is 6.04 Å². The van der Waals surface area contributed by atoms with E-state index in [-0.39, 0.29) is 0 Å². The van der Waals surface area contributed by atoms with Crippen LogP contribution in [0.15, 0.2) is 17.5 Å². The Kier molecular flexibility index (Phi) is 3.69. The fraction of sp³-hybridized carbons (Fsp3) is 0.600. The third-order valence-corrected chi connectivity index (χ3v) is 5.73. The number of thiophene rings is 1. The van der Waals surface area contributed by atoms with Gasteiger partial charge in [-0.05, 0) is 36.5 Å². The molecule has 2 aromatic heterocycles. The molecule has 1 N–H and O–H groups in total. The number of nitrogens with zero attached hydrogens (tertiary/aromatic N) is 3. The lowest BCUT2D eigenvalue weighted by atomic mass is 10.3. The molecule has 2 fully saturated rings. The summed E-state index contributed by atoms with van der Waals surface area (Å²) in [5.41, 5.74) is 0. The molecular formula is C15H21N4S2+. The van der Waals surface area contributed by atoms with E-state index >= 15 is 0 Å². The zero-order valence-corrected chi connectivity index (χ0v) is 13.8. The van der Waals surface area contributed by atoms with Gasteiger partial charge in [0.2, 0.25) is 4.77 Å². The van der Waals surface area contributed by atoms with Crippen molar-refractivity contribution in [3.63, 3.8) is 0 Å². The standard InChI is InChI=1S/C15H20N4S2/c20-15-18(11-17-7-1-2-8-17)16-14(19(15)12-5-6-12)10-13-4-3-9-21-13/h3-4,9,12H,1-2,5-8,10-11H2/p+1. The molecule has 4 nitrogen and oxygen atoms in total. The van der Waals surface area contributed by atoms with Gasteiger partial charge in [0, 0.05) is 30.2 Å². The molecule has 0 spiro atoms. The number of nitrogens with one attached hydrogen (secondary N) is 1. The molecule has 0 atom stereocenters. The highest BCUT2D eigenvalue weighted by Gasteiger charge is 2.29. The summed E-state index contributed by atoms with van der Waals surface area (Å²) in [6.07, 6.45) is 6.12. The topological polar surface area (TPSA) is 27.2 Å². The minimum atomic E-state index is 0.606. The van der Waals surface area contributed by atoms with Crippen molar-refractivity contribution in [1.29, 1.82) is 0 Å². The quantitative estimate of drug-likeness (QED) is 0.853. The Morgan fingerprint density at radius 3 is 2.81 bits per heavy atom. The Morgan fingerprint density at radius 1 is 1.33 bits per heavy atom. The summed E-state index contributed by atoms with van der Waals surface area (Å²) < 4.78 is 5.34. The first kappa shape index (κ1) is 13.7. The van der Waals surface area contributed by atoms with Crippen LogP contribution in [-0.4, -0.2) is 27.4 Å². The molecular weight excluding hydrogens is 300 g/mol. The molecule has 112 valence electrons. The third-order valence-electron chi connectivity index (χ3n) is 4.45. The smallest absolute Gasteiger partial charge is 0.203 e. The normalized spacial score (nSPS) is 19.4. The monoisotopic (exact) mass is 321 g/mol. The highest BCUT2D eigenvalue weighted by Crippen LogP contribution is 2.36. The van der Waals surface area contributed by atoms with Gasteiger partial charge >= 0.3 is 0 Å². The summed E-state index contributed by atoms with van der Waals surface area (Å²) in [5, 5.41) is 7.01. The molecule has 0 radical (unpaired) electrons. The van der Waals surface area contributed by atoms with Gasteiger partial charge in [-0.25, -0.2) is 0 Å². The lowest BCUT2D eigenvalue weighted by Gasteiger charge is -2.11. The molecule has 0 amide bonds. The molecule has 1 aliphatic heterocycles. The van der Waals surface area contributed by atoms with Gasteiger partial charge in [0.1, 0.15) is 5.82 Å². The molecule has 1 saturated heterocycles. The van der Waals surface area contributed by atoms with Crippen molar-refractivity contribution in [2.45, 2.75) is 44.8 Å². The van der Waals surface area contributed by atoms with Gasteiger partial charge in [-0.1, -0.05) is 6.07 Å². The van der Waals surface area contributed by atoms with Crippen LogP contribution in [0.3, 0.4) is 0 Å². The first-order valence-corrected chi connectivity index (χ1v) is 9.14. The highest BCUT2D eigenvalue weighted by atomic mass is 32.1. The van der Waals surface area contributed by atoms with E-state index in [2.05, 4.69) is 26.8 Å². The Balaban J connectivity index is 1.63. The number of likely N-dealkylation sites (tertiary alicyclic amines) is 1. The number of hydrogen-bond acceptors (Lipinski definition) is 3. The van der Waals surface area contributed by atoms with Crippen LogP contribution >= 0.6 is 23.6 Å². The van der Waals surface area contributed by atoms with Gasteiger partial charge < -0.3 is 9.47 Å². The molecule has 0 aromatic carbocycles. The Bertz CT molecular complexity index is 660. The van der Waals surface area contributed by atoms with Crippen molar-refractivity contribution in [2.75, 3.05) is 13.1 Å². The summed E-state index contributed by atoms with van der Waals surface area (Å²) >= 11 is 7.52. The van der Waals surface area contributed by atoms with E-state index < -0.39 is 0 Å². The molecule has 3 heterocycles. The second-order valence-corrected chi connectivity index (χ2v) is 7.57. The van der Waals surface area contributed by atoms with Crippen molar-refractivity contribution in [3.8, 4) is 0 Å². The van der Waals surface area contributed by atoms with Gasteiger partial charge in [0.05, 0.1) is 13.1 Å². The lowest BCUT2D eigenvalue weighted by molar-refractivity contribution is -0.911. The summed E-state index contributed by atoms with van der Waals surface area (Å²) in [6, 6.07) is 4.91. The van der Waals surface area contributed by atoms with Crippen molar-refractivity contribution in [3.05, 3.63) is 33.0 Å². The van der Waals surface area contributed by atoms with Crippen molar-refractivity contribution in [2.24, 2.45) is 0 Å². The fourth-order valence-corrected chi connectivity index (χ4v) is 4.26.